The molecular weight excluding hydrogens is 197 g/mol. The molecule has 2 aromatic heterocycles. The van der Waals surface area contributed by atoms with Crippen molar-refractivity contribution in [1.29, 1.82) is 0 Å². The lowest BCUT2D eigenvalue weighted by Crippen LogP contribution is -2.06. The van der Waals surface area contributed by atoms with Gasteiger partial charge in [-0.25, -0.2) is 14.4 Å². The van der Waals surface area contributed by atoms with E-state index in [1.165, 1.54) is 6.33 Å². The number of hydrogen-bond acceptors (Lipinski definition) is 4. The predicted octanol–water partition coefficient (Wildman–Crippen LogP) is 1.00. The number of nitrogen functional groups attached to an aromatic ring is 1. The number of rotatable bonds is 1. The van der Waals surface area contributed by atoms with E-state index in [1.54, 1.807) is 4.57 Å². The van der Waals surface area contributed by atoms with Crippen LogP contribution in [0.5, 0.6) is 0 Å². The minimum atomic E-state index is -0.523. The van der Waals surface area contributed by atoms with Crippen molar-refractivity contribution in [2.45, 2.75) is 13.8 Å². The Bertz CT molecular complexity index is 505. The number of aromatic nitrogens is 4. The normalized spacial score (nSPS) is 10.6. The molecule has 0 fully saturated rings. The number of aryl methyl sites for hydroxylation is 1. The van der Waals surface area contributed by atoms with Gasteiger partial charge in [-0.15, -0.1) is 0 Å². The summed E-state index contributed by atoms with van der Waals surface area (Å²) in [5.41, 5.74) is 7.05. The molecular formula is C9H10FN5. The van der Waals surface area contributed by atoms with Crippen LogP contribution in [0.25, 0.3) is 5.82 Å². The van der Waals surface area contributed by atoms with Gasteiger partial charge in [-0.05, 0) is 13.8 Å². The van der Waals surface area contributed by atoms with Gasteiger partial charge < -0.3 is 5.73 Å². The van der Waals surface area contributed by atoms with Gasteiger partial charge in [0.25, 0.3) is 0 Å². The second-order valence-electron chi connectivity index (χ2n) is 3.19. The van der Waals surface area contributed by atoms with Crippen LogP contribution >= 0.6 is 0 Å². The highest BCUT2D eigenvalue weighted by molar-refractivity contribution is 5.32. The molecule has 78 valence electrons. The fraction of sp³-hybridized carbons (Fsp3) is 0.222. The van der Waals surface area contributed by atoms with E-state index in [2.05, 4.69) is 15.0 Å². The molecule has 0 aliphatic carbocycles. The first-order chi connectivity index (χ1) is 7.09. The smallest absolute Gasteiger partial charge is 0.222 e. The van der Waals surface area contributed by atoms with Crippen molar-refractivity contribution in [3.8, 4) is 5.82 Å². The van der Waals surface area contributed by atoms with E-state index in [4.69, 9.17) is 5.73 Å². The topological polar surface area (TPSA) is 69.6 Å². The van der Waals surface area contributed by atoms with Crippen LogP contribution in [-0.2, 0) is 0 Å². The number of imidazole rings is 1. The molecule has 0 amide bonds. The monoisotopic (exact) mass is 207 g/mol. The Kier molecular flexibility index (Phi) is 2.11. The van der Waals surface area contributed by atoms with E-state index >= 15 is 0 Å². The molecule has 0 unspecified atom stereocenters. The molecule has 0 bridgehead atoms. The lowest BCUT2D eigenvalue weighted by atomic mass is 10.4. The lowest BCUT2D eigenvalue weighted by Gasteiger charge is -2.05. The summed E-state index contributed by atoms with van der Waals surface area (Å²) in [5.74, 6) is -0.359. The number of halogens is 1. The minimum absolute atomic E-state index is 0.0390. The van der Waals surface area contributed by atoms with E-state index in [0.29, 0.717) is 0 Å². The van der Waals surface area contributed by atoms with Crippen molar-refractivity contribution in [1.82, 2.24) is 19.5 Å². The molecule has 6 heteroatoms. The Labute approximate surface area is 85.8 Å². The second kappa shape index (κ2) is 3.30. The van der Waals surface area contributed by atoms with E-state index in [9.17, 15) is 4.39 Å². The Balaban J connectivity index is 2.63. The van der Waals surface area contributed by atoms with Gasteiger partial charge in [0.05, 0.1) is 11.9 Å². The molecule has 0 radical (unpaired) electrons. The van der Waals surface area contributed by atoms with Crippen molar-refractivity contribution in [3.63, 3.8) is 0 Å². The molecule has 0 aliphatic heterocycles. The van der Waals surface area contributed by atoms with Crippen LogP contribution in [0.2, 0.25) is 0 Å². The van der Waals surface area contributed by atoms with Gasteiger partial charge in [-0.2, -0.15) is 4.98 Å². The van der Waals surface area contributed by atoms with Crippen LogP contribution in [0.3, 0.4) is 0 Å². The summed E-state index contributed by atoms with van der Waals surface area (Å²) in [6.07, 6.45) is 2.56. The molecule has 0 saturated carbocycles. The van der Waals surface area contributed by atoms with Crippen molar-refractivity contribution >= 4 is 5.95 Å². The summed E-state index contributed by atoms with van der Waals surface area (Å²) < 4.78 is 15.0. The number of nitrogens with two attached hydrogens (primary N) is 1. The highest BCUT2D eigenvalue weighted by Crippen LogP contribution is 2.14. The van der Waals surface area contributed by atoms with Crippen LogP contribution < -0.4 is 5.73 Å². The third kappa shape index (κ3) is 1.54. The standard InChI is InChI=1S/C9H10FN5/c1-5-6(2)15(4-13-5)8-7(10)3-12-9(11)14-8/h3-4H,1-2H3,(H2,11,12,14). The number of nitrogens with zero attached hydrogens (tertiary/aromatic N) is 4. The molecule has 0 saturated heterocycles. The summed E-state index contributed by atoms with van der Waals surface area (Å²) in [5, 5.41) is 0. The molecule has 15 heavy (non-hydrogen) atoms. The molecule has 2 heterocycles. The summed E-state index contributed by atoms with van der Waals surface area (Å²) in [6, 6.07) is 0. The van der Waals surface area contributed by atoms with Crippen LogP contribution in [0.15, 0.2) is 12.5 Å². The highest BCUT2D eigenvalue weighted by atomic mass is 19.1. The van der Waals surface area contributed by atoms with Crippen molar-refractivity contribution in [2.75, 3.05) is 5.73 Å². The molecule has 0 aromatic carbocycles. The Morgan fingerprint density at radius 2 is 2.07 bits per heavy atom. The van der Waals surface area contributed by atoms with Crippen molar-refractivity contribution in [3.05, 3.63) is 29.7 Å². The first-order valence-electron chi connectivity index (χ1n) is 4.38. The van der Waals surface area contributed by atoms with Crippen LogP contribution in [0.4, 0.5) is 10.3 Å². The maximum Gasteiger partial charge on any atom is 0.222 e. The largest absolute Gasteiger partial charge is 0.368 e. The SMILES string of the molecule is Cc1ncn(-c2nc(N)ncc2F)c1C. The molecule has 2 rings (SSSR count). The van der Waals surface area contributed by atoms with Gasteiger partial charge in [0.1, 0.15) is 6.33 Å². The lowest BCUT2D eigenvalue weighted by molar-refractivity contribution is 0.601. The Morgan fingerprint density at radius 1 is 1.33 bits per heavy atom. The van der Waals surface area contributed by atoms with E-state index in [0.717, 1.165) is 17.6 Å². The highest BCUT2D eigenvalue weighted by Gasteiger charge is 2.11. The number of anilines is 1. The van der Waals surface area contributed by atoms with Crippen molar-refractivity contribution < 1.29 is 4.39 Å². The quantitative estimate of drug-likeness (QED) is 0.757. The molecule has 0 aliphatic rings. The summed E-state index contributed by atoms with van der Waals surface area (Å²) in [4.78, 5) is 11.4. The fourth-order valence-corrected chi connectivity index (χ4v) is 1.25. The van der Waals surface area contributed by atoms with Crippen LogP contribution in [0, 0.1) is 19.7 Å². The molecule has 2 aromatic rings. The van der Waals surface area contributed by atoms with Crippen LogP contribution in [-0.4, -0.2) is 19.5 Å². The fourth-order valence-electron chi connectivity index (χ4n) is 1.25. The maximum atomic E-state index is 13.4. The zero-order valence-electron chi connectivity index (χ0n) is 8.40. The molecule has 5 nitrogen and oxygen atoms in total. The van der Waals surface area contributed by atoms with E-state index in [1.807, 2.05) is 13.8 Å². The van der Waals surface area contributed by atoms with Gasteiger partial charge in [0.2, 0.25) is 5.95 Å². The van der Waals surface area contributed by atoms with Crippen LogP contribution in [0.1, 0.15) is 11.4 Å². The first kappa shape index (κ1) is 9.57. The zero-order chi connectivity index (χ0) is 11.0. The number of hydrogen-bond donors (Lipinski definition) is 1. The molecule has 0 atom stereocenters. The van der Waals surface area contributed by atoms with Crippen molar-refractivity contribution in [2.24, 2.45) is 0 Å². The summed E-state index contributed by atoms with van der Waals surface area (Å²) in [6.45, 7) is 3.67. The average molecular weight is 207 g/mol. The van der Waals surface area contributed by atoms with Gasteiger partial charge in [0, 0.05) is 5.69 Å². The van der Waals surface area contributed by atoms with E-state index < -0.39 is 5.82 Å². The maximum absolute atomic E-state index is 13.4. The average Bonchev–Trinajstić information content (AvgIpc) is 2.52. The summed E-state index contributed by atoms with van der Waals surface area (Å²) in [7, 11) is 0. The Hall–Kier alpha value is -1.98. The molecule has 0 spiro atoms. The van der Waals surface area contributed by atoms with Gasteiger partial charge in [0.15, 0.2) is 11.6 Å². The van der Waals surface area contributed by atoms with E-state index in [-0.39, 0.29) is 11.8 Å². The van der Waals surface area contributed by atoms with Gasteiger partial charge in [-0.1, -0.05) is 0 Å². The second-order valence-corrected chi connectivity index (χ2v) is 3.19. The Morgan fingerprint density at radius 3 is 2.67 bits per heavy atom. The summed E-state index contributed by atoms with van der Waals surface area (Å²) >= 11 is 0. The first-order valence-corrected chi connectivity index (χ1v) is 4.38. The van der Waals surface area contributed by atoms with Gasteiger partial charge >= 0.3 is 0 Å². The minimum Gasteiger partial charge on any atom is -0.368 e. The molecule has 2 N–H and O–H groups in total. The third-order valence-electron chi connectivity index (χ3n) is 2.22. The van der Waals surface area contributed by atoms with Gasteiger partial charge in [-0.3, -0.25) is 4.57 Å². The predicted molar refractivity (Wildman–Crippen MR) is 53.0 cm³/mol. The zero-order valence-corrected chi connectivity index (χ0v) is 8.40. The third-order valence-corrected chi connectivity index (χ3v) is 2.22.